The molecule has 0 heterocycles. The molecule has 2 rings (SSSR count). The van der Waals surface area contributed by atoms with Gasteiger partial charge in [0.2, 0.25) is 0 Å². The lowest BCUT2D eigenvalue weighted by molar-refractivity contribution is 0.0412. The van der Waals surface area contributed by atoms with Crippen molar-refractivity contribution in [2.45, 2.75) is 19.6 Å². The first-order chi connectivity index (χ1) is 9.56. The maximum Gasteiger partial charge on any atom is 0.191 e. The molecular weight excluding hydrogens is 340 g/mol. The Balaban J connectivity index is 1.96. The van der Waals surface area contributed by atoms with Gasteiger partial charge >= 0.3 is 0 Å². The summed E-state index contributed by atoms with van der Waals surface area (Å²) in [5.41, 5.74) is 1.60. The highest BCUT2D eigenvalue weighted by molar-refractivity contribution is 9.10. The molecule has 0 spiro atoms. The Labute approximate surface area is 131 Å². The summed E-state index contributed by atoms with van der Waals surface area (Å²) in [6.07, 6.45) is -0.491. The van der Waals surface area contributed by atoms with E-state index in [-0.39, 0.29) is 5.78 Å². The SMILES string of the molecule is CC(OCc1cccc(Cl)c1)C(=O)c1ccc(Br)cc1. The van der Waals surface area contributed by atoms with Crippen LogP contribution in [0.25, 0.3) is 0 Å². The number of hydrogen-bond acceptors (Lipinski definition) is 2. The number of rotatable bonds is 5. The fraction of sp³-hybridized carbons (Fsp3) is 0.188. The quantitative estimate of drug-likeness (QED) is 0.715. The van der Waals surface area contributed by atoms with Gasteiger partial charge in [-0.2, -0.15) is 0 Å². The number of ether oxygens (including phenoxy) is 1. The highest BCUT2D eigenvalue weighted by atomic mass is 79.9. The Hall–Kier alpha value is -1.16. The van der Waals surface area contributed by atoms with Crippen LogP contribution in [0.1, 0.15) is 22.8 Å². The molecule has 0 aliphatic rings. The molecule has 0 saturated heterocycles. The molecule has 0 aliphatic carbocycles. The summed E-state index contributed by atoms with van der Waals surface area (Å²) < 4.78 is 6.56. The van der Waals surface area contributed by atoms with Crippen LogP contribution in [0.15, 0.2) is 53.0 Å². The Morgan fingerprint density at radius 1 is 1.25 bits per heavy atom. The van der Waals surface area contributed by atoms with E-state index in [0.717, 1.165) is 10.0 Å². The summed E-state index contributed by atoms with van der Waals surface area (Å²) in [6.45, 7) is 2.12. The average Bonchev–Trinajstić information content (AvgIpc) is 2.45. The molecule has 2 aromatic rings. The Morgan fingerprint density at radius 2 is 1.95 bits per heavy atom. The maximum atomic E-state index is 12.2. The predicted molar refractivity (Wildman–Crippen MR) is 84.2 cm³/mol. The fourth-order valence-electron chi connectivity index (χ4n) is 1.77. The number of carbonyl (C=O) groups is 1. The van der Waals surface area contributed by atoms with E-state index in [1.165, 1.54) is 0 Å². The maximum absolute atomic E-state index is 12.2. The van der Waals surface area contributed by atoms with Crippen LogP contribution in [0.2, 0.25) is 5.02 Å². The molecular formula is C16H14BrClO2. The highest BCUT2D eigenvalue weighted by Crippen LogP contribution is 2.15. The van der Waals surface area contributed by atoms with Crippen molar-refractivity contribution in [1.29, 1.82) is 0 Å². The first-order valence-electron chi connectivity index (χ1n) is 6.22. The van der Waals surface area contributed by atoms with Crippen LogP contribution in [0.3, 0.4) is 0 Å². The van der Waals surface area contributed by atoms with E-state index < -0.39 is 6.10 Å². The topological polar surface area (TPSA) is 26.3 Å². The van der Waals surface area contributed by atoms with Crippen LogP contribution in [-0.4, -0.2) is 11.9 Å². The van der Waals surface area contributed by atoms with E-state index in [9.17, 15) is 4.79 Å². The molecule has 0 N–H and O–H groups in total. The van der Waals surface area contributed by atoms with Crippen molar-refractivity contribution in [3.05, 3.63) is 69.2 Å². The predicted octanol–water partition coefficient (Wildman–Crippen LogP) is 4.89. The Kier molecular flexibility index (Phi) is 5.35. The molecule has 0 saturated carbocycles. The number of ketones is 1. The molecule has 0 fully saturated rings. The summed E-state index contributed by atoms with van der Waals surface area (Å²) in [4.78, 5) is 12.2. The van der Waals surface area contributed by atoms with Crippen molar-refractivity contribution in [2.75, 3.05) is 0 Å². The molecule has 0 aliphatic heterocycles. The van der Waals surface area contributed by atoms with Crippen molar-refractivity contribution in [3.63, 3.8) is 0 Å². The van der Waals surface area contributed by atoms with Crippen molar-refractivity contribution in [3.8, 4) is 0 Å². The number of benzene rings is 2. The number of Topliss-reactive ketones (excluding diaryl/α,β-unsaturated/α-hetero) is 1. The van der Waals surface area contributed by atoms with Gasteiger partial charge in [0, 0.05) is 15.1 Å². The number of halogens is 2. The third kappa shape index (κ3) is 4.17. The van der Waals surface area contributed by atoms with Crippen molar-refractivity contribution in [2.24, 2.45) is 0 Å². The van der Waals surface area contributed by atoms with E-state index in [1.807, 2.05) is 36.4 Å². The van der Waals surface area contributed by atoms with Crippen molar-refractivity contribution in [1.82, 2.24) is 0 Å². The van der Waals surface area contributed by atoms with Crippen LogP contribution >= 0.6 is 27.5 Å². The molecule has 104 valence electrons. The second kappa shape index (κ2) is 7.02. The summed E-state index contributed by atoms with van der Waals surface area (Å²) in [6, 6.07) is 14.7. The minimum Gasteiger partial charge on any atom is -0.366 e. The summed E-state index contributed by atoms with van der Waals surface area (Å²) >= 11 is 9.25. The van der Waals surface area contributed by atoms with Gasteiger partial charge in [0.1, 0.15) is 6.10 Å². The second-order valence-corrected chi connectivity index (χ2v) is 5.81. The van der Waals surface area contributed by atoms with Crippen molar-refractivity contribution < 1.29 is 9.53 Å². The molecule has 1 unspecified atom stereocenters. The summed E-state index contributed by atoms with van der Waals surface area (Å²) in [7, 11) is 0. The molecule has 2 aromatic carbocycles. The standard InChI is InChI=1S/C16H14BrClO2/c1-11(16(19)13-5-7-14(17)8-6-13)20-10-12-3-2-4-15(18)9-12/h2-9,11H,10H2,1H3. The zero-order valence-corrected chi connectivity index (χ0v) is 13.3. The normalized spacial score (nSPS) is 12.2. The van der Waals surface area contributed by atoms with Crippen LogP contribution < -0.4 is 0 Å². The van der Waals surface area contributed by atoms with E-state index >= 15 is 0 Å². The van der Waals surface area contributed by atoms with Crippen LogP contribution in [0.4, 0.5) is 0 Å². The molecule has 1 atom stereocenters. The molecule has 4 heteroatoms. The van der Waals surface area contributed by atoms with E-state index in [0.29, 0.717) is 17.2 Å². The lowest BCUT2D eigenvalue weighted by Crippen LogP contribution is -2.20. The molecule has 0 bridgehead atoms. The largest absolute Gasteiger partial charge is 0.366 e. The zero-order chi connectivity index (χ0) is 14.5. The molecule has 0 aromatic heterocycles. The monoisotopic (exact) mass is 352 g/mol. The first kappa shape index (κ1) is 15.2. The molecule has 2 nitrogen and oxygen atoms in total. The van der Waals surface area contributed by atoms with Gasteiger partial charge in [-0.25, -0.2) is 0 Å². The van der Waals surface area contributed by atoms with Gasteiger partial charge in [0.25, 0.3) is 0 Å². The van der Waals surface area contributed by atoms with Crippen LogP contribution in [-0.2, 0) is 11.3 Å². The van der Waals surface area contributed by atoms with Gasteiger partial charge in [-0.15, -0.1) is 0 Å². The summed E-state index contributed by atoms with van der Waals surface area (Å²) in [5, 5.41) is 0.665. The first-order valence-corrected chi connectivity index (χ1v) is 7.39. The third-order valence-electron chi connectivity index (χ3n) is 2.89. The smallest absolute Gasteiger partial charge is 0.191 e. The van der Waals surface area contributed by atoms with Gasteiger partial charge in [-0.1, -0.05) is 51.8 Å². The van der Waals surface area contributed by atoms with Gasteiger partial charge < -0.3 is 4.74 Å². The van der Waals surface area contributed by atoms with Gasteiger partial charge in [0.15, 0.2) is 5.78 Å². The summed E-state index contributed by atoms with van der Waals surface area (Å²) in [5.74, 6) is -0.0282. The molecule has 0 radical (unpaired) electrons. The van der Waals surface area contributed by atoms with Gasteiger partial charge in [0.05, 0.1) is 6.61 Å². The van der Waals surface area contributed by atoms with E-state index in [1.54, 1.807) is 19.1 Å². The average molecular weight is 354 g/mol. The van der Waals surface area contributed by atoms with E-state index in [2.05, 4.69) is 15.9 Å². The van der Waals surface area contributed by atoms with Crippen LogP contribution in [0.5, 0.6) is 0 Å². The minimum absolute atomic E-state index is 0.0282. The van der Waals surface area contributed by atoms with E-state index in [4.69, 9.17) is 16.3 Å². The number of hydrogen-bond donors (Lipinski definition) is 0. The zero-order valence-electron chi connectivity index (χ0n) is 11.0. The molecule has 20 heavy (non-hydrogen) atoms. The number of carbonyl (C=O) groups excluding carboxylic acids is 1. The lowest BCUT2D eigenvalue weighted by atomic mass is 10.1. The lowest BCUT2D eigenvalue weighted by Gasteiger charge is -2.12. The van der Waals surface area contributed by atoms with Gasteiger partial charge in [-0.3, -0.25) is 4.79 Å². The third-order valence-corrected chi connectivity index (χ3v) is 3.65. The Bertz CT molecular complexity index is 596. The Morgan fingerprint density at radius 3 is 2.60 bits per heavy atom. The van der Waals surface area contributed by atoms with Crippen LogP contribution in [0, 0.1) is 0 Å². The van der Waals surface area contributed by atoms with Gasteiger partial charge in [-0.05, 0) is 36.8 Å². The van der Waals surface area contributed by atoms with Crippen molar-refractivity contribution >= 4 is 33.3 Å². The fourth-order valence-corrected chi connectivity index (χ4v) is 2.25. The minimum atomic E-state index is -0.491. The highest BCUT2D eigenvalue weighted by Gasteiger charge is 2.15. The second-order valence-electron chi connectivity index (χ2n) is 4.45. The molecule has 0 amide bonds.